The minimum atomic E-state index is -1.66. The van der Waals surface area contributed by atoms with E-state index in [2.05, 4.69) is 0 Å². The predicted molar refractivity (Wildman–Crippen MR) is 83.6 cm³/mol. The van der Waals surface area contributed by atoms with Gasteiger partial charge in [0.15, 0.2) is 11.5 Å². The molecule has 138 valence electrons. The van der Waals surface area contributed by atoms with Crippen LogP contribution in [0.15, 0.2) is 24.3 Å². The molecule has 1 aliphatic heterocycles. The van der Waals surface area contributed by atoms with Crippen molar-refractivity contribution in [3.63, 3.8) is 0 Å². The molecule has 0 radical (unpaired) electrons. The lowest BCUT2D eigenvalue weighted by Crippen LogP contribution is -2.59. The zero-order valence-corrected chi connectivity index (χ0v) is 13.3. The Morgan fingerprint density at radius 2 is 1.96 bits per heavy atom. The van der Waals surface area contributed by atoms with Gasteiger partial charge in [0.25, 0.3) is 0 Å². The van der Waals surface area contributed by atoms with Gasteiger partial charge in [-0.05, 0) is 23.8 Å². The molecule has 2 rings (SSSR count). The quantitative estimate of drug-likeness (QED) is 0.323. The van der Waals surface area contributed by atoms with E-state index in [1.54, 1.807) is 0 Å². The average molecular weight is 356 g/mol. The Labute approximate surface area is 143 Å². The van der Waals surface area contributed by atoms with Gasteiger partial charge in [-0.1, -0.05) is 6.07 Å². The highest BCUT2D eigenvalue weighted by atomic mass is 16.7. The van der Waals surface area contributed by atoms with Gasteiger partial charge in [-0.25, -0.2) is 4.79 Å². The molecule has 0 saturated carbocycles. The monoisotopic (exact) mass is 356 g/mol. The third kappa shape index (κ3) is 4.47. The molecular formula is C16H20O9. The van der Waals surface area contributed by atoms with Crippen molar-refractivity contribution in [2.75, 3.05) is 13.7 Å². The van der Waals surface area contributed by atoms with Gasteiger partial charge in [-0.15, -0.1) is 0 Å². The highest BCUT2D eigenvalue weighted by Crippen LogP contribution is 2.27. The molecule has 1 aromatic carbocycles. The largest absolute Gasteiger partial charge is 0.504 e. The first-order valence-electron chi connectivity index (χ1n) is 7.43. The van der Waals surface area contributed by atoms with Gasteiger partial charge in [0.2, 0.25) is 6.29 Å². The molecule has 0 aliphatic carbocycles. The number of carbonyl (C=O) groups is 1. The van der Waals surface area contributed by atoms with E-state index in [1.807, 2.05) is 0 Å². The van der Waals surface area contributed by atoms with Crippen LogP contribution in [0.4, 0.5) is 0 Å². The number of phenols is 1. The molecule has 1 heterocycles. The van der Waals surface area contributed by atoms with Gasteiger partial charge in [0.1, 0.15) is 24.4 Å². The van der Waals surface area contributed by atoms with Crippen molar-refractivity contribution in [2.24, 2.45) is 0 Å². The molecule has 1 fully saturated rings. The number of aromatic hydroxyl groups is 1. The van der Waals surface area contributed by atoms with Crippen LogP contribution in [0, 0.1) is 0 Å². The first-order chi connectivity index (χ1) is 11.9. The molecule has 0 unspecified atom stereocenters. The van der Waals surface area contributed by atoms with Gasteiger partial charge >= 0.3 is 5.97 Å². The summed E-state index contributed by atoms with van der Waals surface area (Å²) in [6, 6.07) is 4.42. The molecule has 0 bridgehead atoms. The van der Waals surface area contributed by atoms with Crippen LogP contribution in [0.25, 0.3) is 6.08 Å². The summed E-state index contributed by atoms with van der Waals surface area (Å²) in [5, 5.41) is 47.7. The average Bonchev–Trinajstić information content (AvgIpc) is 2.61. The smallest absolute Gasteiger partial charge is 0.333 e. The molecular weight excluding hydrogens is 336 g/mol. The van der Waals surface area contributed by atoms with Crippen molar-refractivity contribution in [1.29, 1.82) is 0 Å². The number of hydrogen-bond acceptors (Lipinski definition) is 9. The van der Waals surface area contributed by atoms with Gasteiger partial charge in [0, 0.05) is 6.08 Å². The Balaban J connectivity index is 2.01. The fourth-order valence-electron chi connectivity index (χ4n) is 2.28. The number of rotatable bonds is 5. The lowest BCUT2D eigenvalue weighted by Gasteiger charge is -2.38. The summed E-state index contributed by atoms with van der Waals surface area (Å²) in [7, 11) is 1.38. The van der Waals surface area contributed by atoms with Gasteiger partial charge in [-0.3, -0.25) is 0 Å². The molecule has 1 aliphatic rings. The number of phenolic OH excluding ortho intramolecular Hbond substituents is 1. The van der Waals surface area contributed by atoms with E-state index < -0.39 is 43.3 Å². The predicted octanol–water partition coefficient (Wildman–Crippen LogP) is -1.24. The maximum Gasteiger partial charge on any atom is 0.333 e. The van der Waals surface area contributed by atoms with Crippen molar-refractivity contribution >= 4 is 12.0 Å². The number of aliphatic hydroxyl groups excluding tert-OH is 4. The van der Waals surface area contributed by atoms with E-state index in [1.165, 1.54) is 31.4 Å². The van der Waals surface area contributed by atoms with E-state index in [0.717, 1.165) is 6.08 Å². The topological polar surface area (TPSA) is 146 Å². The van der Waals surface area contributed by atoms with Crippen molar-refractivity contribution < 1.29 is 44.5 Å². The van der Waals surface area contributed by atoms with Crippen molar-refractivity contribution in [3.05, 3.63) is 29.8 Å². The molecule has 9 heteroatoms. The molecule has 5 N–H and O–H groups in total. The second kappa shape index (κ2) is 8.28. The van der Waals surface area contributed by atoms with Crippen LogP contribution in [0.1, 0.15) is 5.56 Å². The van der Waals surface area contributed by atoms with E-state index in [4.69, 9.17) is 19.3 Å². The summed E-state index contributed by atoms with van der Waals surface area (Å²) in [5.41, 5.74) is 0.542. The molecule has 5 atom stereocenters. The van der Waals surface area contributed by atoms with Gasteiger partial charge < -0.3 is 39.7 Å². The Bertz CT molecular complexity index is 628. The number of ether oxygens (including phenoxy) is 3. The first kappa shape index (κ1) is 19.2. The molecule has 1 saturated heterocycles. The highest BCUT2D eigenvalue weighted by Gasteiger charge is 2.45. The van der Waals surface area contributed by atoms with Crippen LogP contribution in [-0.4, -0.2) is 75.9 Å². The summed E-state index contributed by atoms with van der Waals surface area (Å²) >= 11 is 0. The minimum absolute atomic E-state index is 0.0523. The SMILES string of the molecule is COc1cc(/C=C/C(=O)O[C@@H]2O[C@H](CO)[C@@H](O)[C@H](O)[C@H]2O)ccc1O. The van der Waals surface area contributed by atoms with Crippen LogP contribution in [0.2, 0.25) is 0 Å². The molecule has 0 spiro atoms. The molecule has 1 aromatic rings. The number of aliphatic hydroxyl groups is 4. The fourth-order valence-corrected chi connectivity index (χ4v) is 2.28. The zero-order valence-electron chi connectivity index (χ0n) is 13.3. The van der Waals surface area contributed by atoms with E-state index in [-0.39, 0.29) is 11.5 Å². The zero-order chi connectivity index (χ0) is 18.6. The number of carbonyl (C=O) groups excluding carboxylic acids is 1. The minimum Gasteiger partial charge on any atom is -0.504 e. The van der Waals surface area contributed by atoms with Crippen LogP contribution in [0.5, 0.6) is 11.5 Å². The van der Waals surface area contributed by atoms with Crippen LogP contribution in [-0.2, 0) is 14.3 Å². The third-order valence-corrected chi connectivity index (χ3v) is 3.70. The second-order valence-corrected chi connectivity index (χ2v) is 5.40. The lowest BCUT2D eigenvalue weighted by molar-refractivity contribution is -0.291. The maximum absolute atomic E-state index is 11.8. The summed E-state index contributed by atoms with van der Waals surface area (Å²) in [6.45, 7) is -0.623. The summed E-state index contributed by atoms with van der Waals surface area (Å²) in [6.07, 6.45) is -5.10. The van der Waals surface area contributed by atoms with E-state index in [9.17, 15) is 25.2 Å². The van der Waals surface area contributed by atoms with Crippen molar-refractivity contribution in [1.82, 2.24) is 0 Å². The van der Waals surface area contributed by atoms with Crippen molar-refractivity contribution in [2.45, 2.75) is 30.7 Å². The molecule has 0 amide bonds. The Kier molecular flexibility index (Phi) is 6.34. The number of benzene rings is 1. The molecule has 25 heavy (non-hydrogen) atoms. The van der Waals surface area contributed by atoms with Crippen LogP contribution >= 0.6 is 0 Å². The molecule has 0 aromatic heterocycles. The first-order valence-corrected chi connectivity index (χ1v) is 7.43. The number of hydrogen-bond donors (Lipinski definition) is 5. The standard InChI is InChI=1S/C16H20O9/c1-23-10-6-8(2-4-9(10)18)3-5-12(19)25-16-15(22)14(21)13(20)11(7-17)24-16/h2-6,11,13-18,20-22H,7H2,1H3/b5-3+/t11-,13-,14+,15-,16+/m1/s1. The Morgan fingerprint density at radius 3 is 2.60 bits per heavy atom. The normalized spacial score (nSPS) is 29.6. The Hall–Kier alpha value is -2.17. The number of methoxy groups -OCH3 is 1. The lowest BCUT2D eigenvalue weighted by atomic mass is 9.99. The fraction of sp³-hybridized carbons (Fsp3) is 0.438. The number of esters is 1. The van der Waals surface area contributed by atoms with E-state index in [0.29, 0.717) is 5.56 Å². The summed E-state index contributed by atoms with van der Waals surface area (Å²) in [5.74, 6) is -0.704. The van der Waals surface area contributed by atoms with Gasteiger partial charge in [0.05, 0.1) is 13.7 Å². The van der Waals surface area contributed by atoms with Crippen LogP contribution < -0.4 is 4.74 Å². The van der Waals surface area contributed by atoms with Gasteiger partial charge in [-0.2, -0.15) is 0 Å². The highest BCUT2D eigenvalue weighted by molar-refractivity contribution is 5.87. The Morgan fingerprint density at radius 1 is 1.24 bits per heavy atom. The second-order valence-electron chi connectivity index (χ2n) is 5.40. The molecule has 9 nitrogen and oxygen atoms in total. The van der Waals surface area contributed by atoms with E-state index >= 15 is 0 Å². The summed E-state index contributed by atoms with van der Waals surface area (Å²) in [4.78, 5) is 11.8. The van der Waals surface area contributed by atoms with Crippen molar-refractivity contribution in [3.8, 4) is 11.5 Å². The third-order valence-electron chi connectivity index (χ3n) is 3.70. The summed E-state index contributed by atoms with van der Waals surface area (Å²) < 4.78 is 14.9. The van der Waals surface area contributed by atoms with Crippen LogP contribution in [0.3, 0.4) is 0 Å². The maximum atomic E-state index is 11.8.